The second kappa shape index (κ2) is 7.39. The van der Waals surface area contributed by atoms with Crippen molar-refractivity contribution in [2.75, 3.05) is 13.1 Å². The molecule has 2 fully saturated rings. The molecule has 1 amide bonds. The number of rotatable bonds is 3. The highest BCUT2D eigenvalue weighted by Crippen LogP contribution is 2.48. The fourth-order valence-corrected chi connectivity index (χ4v) is 3.66. The molecule has 22 heavy (non-hydrogen) atoms. The van der Waals surface area contributed by atoms with E-state index in [4.69, 9.17) is 23.2 Å². The van der Waals surface area contributed by atoms with E-state index in [9.17, 15) is 4.79 Å². The first-order chi connectivity index (χ1) is 10.0. The van der Waals surface area contributed by atoms with Gasteiger partial charge in [-0.1, -0.05) is 30.1 Å². The highest BCUT2D eigenvalue weighted by atomic mass is 35.5. The predicted octanol–water partition coefficient (Wildman–Crippen LogP) is 3.63. The van der Waals surface area contributed by atoms with Crippen molar-refractivity contribution in [1.29, 1.82) is 0 Å². The Morgan fingerprint density at radius 1 is 1.27 bits per heavy atom. The maximum Gasteiger partial charge on any atom is 0.224 e. The molecular weight excluding hydrogens is 343 g/mol. The fraction of sp³-hybridized carbons (Fsp3) is 0.562. The van der Waals surface area contributed by atoms with Crippen LogP contribution >= 0.6 is 35.6 Å². The minimum atomic E-state index is 0. The third kappa shape index (κ3) is 4.08. The standard InChI is InChI=1S/C16H20Cl2N2O.ClH/c1-9-2-3-19-8-15(9)20-16(21)14-7-13(14)10-4-11(17)6-12(18)5-10;/h4-6,9,13-15,19H,2-3,7-8H2,1H3,(H,20,21);1H. The van der Waals surface area contributed by atoms with Crippen LogP contribution < -0.4 is 10.6 Å². The molecule has 3 nitrogen and oxygen atoms in total. The molecule has 0 radical (unpaired) electrons. The summed E-state index contributed by atoms with van der Waals surface area (Å²) in [6.07, 6.45) is 2.00. The molecule has 1 saturated heterocycles. The summed E-state index contributed by atoms with van der Waals surface area (Å²) in [5.74, 6) is 1.02. The molecule has 3 rings (SSSR count). The second-order valence-corrected chi connectivity index (χ2v) is 7.11. The quantitative estimate of drug-likeness (QED) is 0.861. The summed E-state index contributed by atoms with van der Waals surface area (Å²) < 4.78 is 0. The van der Waals surface area contributed by atoms with Gasteiger partial charge in [0, 0.05) is 28.5 Å². The van der Waals surface area contributed by atoms with E-state index in [1.54, 1.807) is 6.07 Å². The number of carbonyl (C=O) groups excluding carboxylic acids is 1. The lowest BCUT2D eigenvalue weighted by Crippen LogP contribution is -2.50. The van der Waals surface area contributed by atoms with E-state index in [-0.39, 0.29) is 36.2 Å². The number of benzene rings is 1. The van der Waals surface area contributed by atoms with Crippen LogP contribution in [0.25, 0.3) is 0 Å². The summed E-state index contributed by atoms with van der Waals surface area (Å²) in [4.78, 5) is 12.4. The molecule has 2 aliphatic rings. The fourth-order valence-electron chi connectivity index (χ4n) is 3.12. The van der Waals surface area contributed by atoms with Gasteiger partial charge in [0.1, 0.15) is 0 Å². The Morgan fingerprint density at radius 2 is 1.95 bits per heavy atom. The van der Waals surface area contributed by atoms with Gasteiger partial charge >= 0.3 is 0 Å². The number of nitrogens with one attached hydrogen (secondary N) is 2. The Morgan fingerprint density at radius 3 is 2.59 bits per heavy atom. The van der Waals surface area contributed by atoms with Gasteiger partial charge in [-0.15, -0.1) is 12.4 Å². The Balaban J connectivity index is 0.00000176. The number of halogens is 3. The van der Waals surface area contributed by atoms with Crippen LogP contribution in [-0.2, 0) is 4.79 Å². The lowest BCUT2D eigenvalue weighted by atomic mass is 9.94. The van der Waals surface area contributed by atoms with Gasteiger partial charge in [-0.2, -0.15) is 0 Å². The van der Waals surface area contributed by atoms with Gasteiger partial charge in [0.25, 0.3) is 0 Å². The van der Waals surface area contributed by atoms with Crippen molar-refractivity contribution in [3.63, 3.8) is 0 Å². The zero-order chi connectivity index (χ0) is 15.0. The molecule has 0 spiro atoms. The molecule has 2 N–H and O–H groups in total. The largest absolute Gasteiger partial charge is 0.352 e. The van der Waals surface area contributed by atoms with E-state index in [0.717, 1.165) is 31.5 Å². The molecule has 6 heteroatoms. The molecule has 1 aromatic rings. The molecule has 1 heterocycles. The molecule has 1 aromatic carbocycles. The Hall–Kier alpha value is -0.480. The average molecular weight is 364 g/mol. The number of piperidine rings is 1. The van der Waals surface area contributed by atoms with Crippen LogP contribution in [0.4, 0.5) is 0 Å². The summed E-state index contributed by atoms with van der Waals surface area (Å²) in [6, 6.07) is 5.79. The van der Waals surface area contributed by atoms with Crippen LogP contribution in [0.1, 0.15) is 31.2 Å². The van der Waals surface area contributed by atoms with Crippen molar-refractivity contribution < 1.29 is 4.79 Å². The highest BCUT2D eigenvalue weighted by Gasteiger charge is 2.44. The molecular formula is C16H21Cl3N2O. The van der Waals surface area contributed by atoms with Crippen molar-refractivity contribution in [2.24, 2.45) is 11.8 Å². The Labute approximate surface area is 147 Å². The summed E-state index contributed by atoms with van der Waals surface area (Å²) in [7, 11) is 0. The van der Waals surface area contributed by atoms with E-state index in [1.807, 2.05) is 12.1 Å². The van der Waals surface area contributed by atoms with Crippen molar-refractivity contribution in [2.45, 2.75) is 31.7 Å². The predicted molar refractivity (Wildman–Crippen MR) is 93.1 cm³/mol. The monoisotopic (exact) mass is 362 g/mol. The van der Waals surface area contributed by atoms with Gasteiger partial charge in [-0.3, -0.25) is 4.79 Å². The Bertz CT molecular complexity index is 532. The molecule has 1 aliphatic carbocycles. The van der Waals surface area contributed by atoms with Crippen LogP contribution in [0.15, 0.2) is 18.2 Å². The van der Waals surface area contributed by atoms with Gasteiger partial charge in [-0.05, 0) is 55.0 Å². The van der Waals surface area contributed by atoms with Crippen molar-refractivity contribution in [1.82, 2.24) is 10.6 Å². The molecule has 4 atom stereocenters. The van der Waals surface area contributed by atoms with E-state index < -0.39 is 0 Å². The first-order valence-electron chi connectivity index (χ1n) is 7.51. The summed E-state index contributed by atoms with van der Waals surface area (Å²) in [5.41, 5.74) is 1.07. The smallest absolute Gasteiger partial charge is 0.224 e. The minimum absolute atomic E-state index is 0. The number of carbonyl (C=O) groups is 1. The highest BCUT2D eigenvalue weighted by molar-refractivity contribution is 6.34. The number of amides is 1. The molecule has 1 aliphatic heterocycles. The molecule has 1 saturated carbocycles. The van der Waals surface area contributed by atoms with Crippen LogP contribution in [-0.4, -0.2) is 25.0 Å². The minimum Gasteiger partial charge on any atom is -0.352 e. The maximum absolute atomic E-state index is 12.4. The lowest BCUT2D eigenvalue weighted by Gasteiger charge is -2.30. The average Bonchev–Trinajstić information content (AvgIpc) is 3.20. The van der Waals surface area contributed by atoms with Crippen LogP contribution in [0, 0.1) is 11.8 Å². The zero-order valence-electron chi connectivity index (χ0n) is 12.4. The lowest BCUT2D eigenvalue weighted by molar-refractivity contribution is -0.123. The van der Waals surface area contributed by atoms with E-state index >= 15 is 0 Å². The number of hydrogen-bond acceptors (Lipinski definition) is 2. The van der Waals surface area contributed by atoms with Gasteiger partial charge in [0.15, 0.2) is 0 Å². The van der Waals surface area contributed by atoms with Crippen LogP contribution in [0.5, 0.6) is 0 Å². The molecule has 0 aromatic heterocycles. The maximum atomic E-state index is 12.4. The van der Waals surface area contributed by atoms with Gasteiger partial charge in [-0.25, -0.2) is 0 Å². The first kappa shape index (κ1) is 17.9. The normalized spacial score (nSPS) is 30.3. The Kier molecular flexibility index (Phi) is 6.00. The molecule has 0 bridgehead atoms. The van der Waals surface area contributed by atoms with Crippen LogP contribution in [0.3, 0.4) is 0 Å². The van der Waals surface area contributed by atoms with E-state index in [0.29, 0.717) is 16.0 Å². The van der Waals surface area contributed by atoms with Crippen LogP contribution in [0.2, 0.25) is 10.0 Å². The third-order valence-electron chi connectivity index (χ3n) is 4.60. The van der Waals surface area contributed by atoms with Gasteiger partial charge in [0.05, 0.1) is 0 Å². The topological polar surface area (TPSA) is 41.1 Å². The zero-order valence-corrected chi connectivity index (χ0v) is 14.8. The summed E-state index contributed by atoms with van der Waals surface area (Å²) >= 11 is 12.1. The summed E-state index contributed by atoms with van der Waals surface area (Å²) in [5, 5.41) is 7.80. The van der Waals surface area contributed by atoms with Gasteiger partial charge in [0.2, 0.25) is 5.91 Å². The van der Waals surface area contributed by atoms with Gasteiger partial charge < -0.3 is 10.6 Å². The molecule has 4 unspecified atom stereocenters. The molecule has 122 valence electrons. The first-order valence-corrected chi connectivity index (χ1v) is 8.27. The van der Waals surface area contributed by atoms with Crippen molar-refractivity contribution in [3.8, 4) is 0 Å². The SMILES string of the molecule is CC1CCNCC1NC(=O)C1CC1c1cc(Cl)cc(Cl)c1.Cl. The van der Waals surface area contributed by atoms with E-state index in [1.165, 1.54) is 0 Å². The van der Waals surface area contributed by atoms with Crippen molar-refractivity contribution in [3.05, 3.63) is 33.8 Å². The van der Waals surface area contributed by atoms with Crippen molar-refractivity contribution >= 4 is 41.5 Å². The number of hydrogen-bond donors (Lipinski definition) is 2. The second-order valence-electron chi connectivity index (χ2n) is 6.24. The van der Waals surface area contributed by atoms with E-state index in [2.05, 4.69) is 17.6 Å². The summed E-state index contributed by atoms with van der Waals surface area (Å²) in [6.45, 7) is 4.11. The third-order valence-corrected chi connectivity index (χ3v) is 5.03.